The molecule has 172 valence electrons. The van der Waals surface area contributed by atoms with E-state index >= 15 is 0 Å². The minimum absolute atomic E-state index is 0.0125. The fourth-order valence-corrected chi connectivity index (χ4v) is 6.29. The van der Waals surface area contributed by atoms with Gasteiger partial charge >= 0.3 is 0 Å². The molecule has 1 amide bonds. The Kier molecular flexibility index (Phi) is 6.81. The van der Waals surface area contributed by atoms with Crippen molar-refractivity contribution in [2.45, 2.75) is 43.0 Å². The Balaban J connectivity index is 1.45. The Bertz CT molecular complexity index is 1060. The summed E-state index contributed by atoms with van der Waals surface area (Å²) in [6, 6.07) is 12.9. The van der Waals surface area contributed by atoms with Crippen molar-refractivity contribution in [3.63, 3.8) is 0 Å². The lowest BCUT2D eigenvalue weighted by Gasteiger charge is -2.35. The number of halogens is 1. The maximum absolute atomic E-state index is 13.6. The fraction of sp³-hybridized carbons (Fsp3) is 0.458. The number of piperidine rings is 1. The number of ether oxygens (including phenoxy) is 1. The fourth-order valence-electron chi connectivity index (χ4n) is 4.77. The van der Waals surface area contributed by atoms with E-state index < -0.39 is 10.0 Å². The van der Waals surface area contributed by atoms with Crippen molar-refractivity contribution >= 4 is 15.9 Å². The summed E-state index contributed by atoms with van der Waals surface area (Å²) < 4.78 is 46.4. The lowest BCUT2D eigenvalue weighted by molar-refractivity contribution is -0.137. The van der Waals surface area contributed by atoms with Gasteiger partial charge in [0.2, 0.25) is 15.9 Å². The molecule has 0 aromatic heterocycles. The lowest BCUT2D eigenvalue weighted by atomic mass is 9.96. The molecule has 2 saturated heterocycles. The molecule has 2 aliphatic rings. The summed E-state index contributed by atoms with van der Waals surface area (Å²) in [4.78, 5) is 15.5. The molecule has 2 aliphatic heterocycles. The monoisotopic (exact) mass is 460 g/mol. The van der Waals surface area contributed by atoms with Gasteiger partial charge in [0.15, 0.2) is 0 Å². The number of hydrogen-bond acceptors (Lipinski definition) is 4. The van der Waals surface area contributed by atoms with Gasteiger partial charge in [-0.15, -0.1) is 0 Å². The number of carbonyl (C=O) groups excluding carboxylic acids is 1. The number of rotatable bonds is 6. The van der Waals surface area contributed by atoms with Gasteiger partial charge in [-0.1, -0.05) is 12.1 Å². The summed E-state index contributed by atoms with van der Waals surface area (Å²) in [5, 5.41) is 0. The van der Waals surface area contributed by atoms with E-state index in [-0.39, 0.29) is 35.1 Å². The molecular formula is C24H29FN2O4S. The second-order valence-corrected chi connectivity index (χ2v) is 10.5. The van der Waals surface area contributed by atoms with Crippen molar-refractivity contribution in [2.75, 3.05) is 26.7 Å². The number of hydrogen-bond donors (Lipinski definition) is 0. The summed E-state index contributed by atoms with van der Waals surface area (Å²) in [6.45, 7) is 1.27. The van der Waals surface area contributed by atoms with Gasteiger partial charge in [0.25, 0.3) is 0 Å². The summed E-state index contributed by atoms with van der Waals surface area (Å²) in [6.07, 6.45) is 3.73. The molecule has 2 aromatic rings. The normalized spacial score (nSPS) is 22.1. The molecule has 32 heavy (non-hydrogen) atoms. The van der Waals surface area contributed by atoms with Gasteiger partial charge in [-0.05, 0) is 74.1 Å². The number of likely N-dealkylation sites (tertiary alicyclic amines) is 1. The molecule has 2 heterocycles. The maximum Gasteiger partial charge on any atom is 0.243 e. The molecule has 2 unspecified atom stereocenters. The van der Waals surface area contributed by atoms with Crippen molar-refractivity contribution in [3.8, 4) is 5.75 Å². The van der Waals surface area contributed by atoms with Crippen molar-refractivity contribution in [1.82, 2.24) is 9.21 Å². The molecule has 2 atom stereocenters. The highest BCUT2D eigenvalue weighted by atomic mass is 32.2. The maximum atomic E-state index is 13.6. The molecule has 6 nitrogen and oxygen atoms in total. The van der Waals surface area contributed by atoms with Crippen LogP contribution in [0.15, 0.2) is 53.4 Å². The Morgan fingerprint density at radius 1 is 1.09 bits per heavy atom. The third-order valence-corrected chi connectivity index (χ3v) is 8.33. The number of sulfonamides is 1. The number of benzene rings is 2. The SMILES string of the molecule is COc1ccc(S(=O)(=O)N2CCCC(C(=O)N3CCCC3Cc3cccc(F)c3)C2)cc1. The highest BCUT2D eigenvalue weighted by Gasteiger charge is 2.38. The number of amides is 1. The van der Waals surface area contributed by atoms with Crippen molar-refractivity contribution in [1.29, 1.82) is 0 Å². The van der Waals surface area contributed by atoms with Crippen molar-refractivity contribution in [3.05, 3.63) is 59.9 Å². The van der Waals surface area contributed by atoms with Gasteiger partial charge < -0.3 is 9.64 Å². The largest absolute Gasteiger partial charge is 0.497 e. The quantitative estimate of drug-likeness (QED) is 0.662. The van der Waals surface area contributed by atoms with Gasteiger partial charge in [0.05, 0.1) is 17.9 Å². The smallest absolute Gasteiger partial charge is 0.243 e. The minimum Gasteiger partial charge on any atom is -0.497 e. The number of nitrogens with zero attached hydrogens (tertiary/aromatic N) is 2. The average molecular weight is 461 g/mol. The van der Waals surface area contributed by atoms with Gasteiger partial charge in [-0.2, -0.15) is 4.31 Å². The van der Waals surface area contributed by atoms with Gasteiger partial charge in [0.1, 0.15) is 11.6 Å². The van der Waals surface area contributed by atoms with Crippen molar-refractivity contribution in [2.24, 2.45) is 5.92 Å². The van der Waals surface area contributed by atoms with Crippen LogP contribution in [0.4, 0.5) is 4.39 Å². The summed E-state index contributed by atoms with van der Waals surface area (Å²) in [5.74, 6) is -0.0255. The molecule has 2 aromatic carbocycles. The van der Waals surface area contributed by atoms with E-state index in [1.807, 2.05) is 11.0 Å². The van der Waals surface area contributed by atoms with Gasteiger partial charge in [0, 0.05) is 25.7 Å². The van der Waals surface area contributed by atoms with E-state index in [4.69, 9.17) is 4.74 Å². The van der Waals surface area contributed by atoms with Crippen LogP contribution in [0.3, 0.4) is 0 Å². The lowest BCUT2D eigenvalue weighted by Crippen LogP contribution is -2.48. The molecule has 8 heteroatoms. The molecule has 0 spiro atoms. The predicted molar refractivity (Wildman–Crippen MR) is 119 cm³/mol. The van der Waals surface area contributed by atoms with E-state index in [1.165, 1.54) is 35.7 Å². The standard InChI is InChI=1S/C24H29FN2O4S/c1-31-22-9-11-23(12-10-22)32(29,30)26-13-3-6-19(17-26)24(28)27-14-4-8-21(27)16-18-5-2-7-20(25)15-18/h2,5,7,9-12,15,19,21H,3-4,6,8,13-14,16-17H2,1H3. The summed E-state index contributed by atoms with van der Waals surface area (Å²) in [7, 11) is -2.15. The van der Waals surface area contributed by atoms with Crippen LogP contribution in [0.25, 0.3) is 0 Å². The zero-order valence-corrected chi connectivity index (χ0v) is 19.1. The molecule has 0 radical (unpaired) electrons. The van der Waals surface area contributed by atoms with Crippen LogP contribution in [0.2, 0.25) is 0 Å². The molecule has 0 N–H and O–H groups in total. The van der Waals surface area contributed by atoms with Gasteiger partial charge in [-0.25, -0.2) is 12.8 Å². The Hall–Kier alpha value is -2.45. The molecular weight excluding hydrogens is 431 g/mol. The zero-order chi connectivity index (χ0) is 22.7. The molecule has 0 aliphatic carbocycles. The summed E-state index contributed by atoms with van der Waals surface area (Å²) >= 11 is 0. The Morgan fingerprint density at radius 2 is 1.84 bits per heavy atom. The van der Waals surface area contributed by atoms with E-state index in [2.05, 4.69) is 0 Å². The first kappa shape index (κ1) is 22.7. The molecule has 4 rings (SSSR count). The topological polar surface area (TPSA) is 66.9 Å². The van der Waals surface area contributed by atoms with Crippen LogP contribution in [0, 0.1) is 11.7 Å². The van der Waals surface area contributed by atoms with Crippen LogP contribution in [0.5, 0.6) is 5.75 Å². The van der Waals surface area contributed by atoms with Crippen LogP contribution in [-0.2, 0) is 21.2 Å². The second kappa shape index (κ2) is 9.58. The minimum atomic E-state index is -3.68. The van der Waals surface area contributed by atoms with E-state index in [1.54, 1.807) is 18.2 Å². The highest BCUT2D eigenvalue weighted by molar-refractivity contribution is 7.89. The zero-order valence-electron chi connectivity index (χ0n) is 18.2. The van der Waals surface area contributed by atoms with E-state index in [0.29, 0.717) is 38.1 Å². The van der Waals surface area contributed by atoms with Crippen molar-refractivity contribution < 1.29 is 22.3 Å². The molecule has 0 saturated carbocycles. The Morgan fingerprint density at radius 3 is 2.56 bits per heavy atom. The first-order valence-corrected chi connectivity index (χ1v) is 12.5. The van der Waals surface area contributed by atoms with Crippen LogP contribution in [-0.4, -0.2) is 56.3 Å². The van der Waals surface area contributed by atoms with Gasteiger partial charge in [-0.3, -0.25) is 4.79 Å². The van der Waals surface area contributed by atoms with Crippen LogP contribution < -0.4 is 4.74 Å². The highest BCUT2D eigenvalue weighted by Crippen LogP contribution is 2.29. The predicted octanol–water partition coefficient (Wildman–Crippen LogP) is 3.47. The first-order chi connectivity index (χ1) is 15.4. The Labute approximate surface area is 189 Å². The summed E-state index contributed by atoms with van der Waals surface area (Å²) in [5.41, 5.74) is 0.877. The van der Waals surface area contributed by atoms with E-state index in [9.17, 15) is 17.6 Å². The third kappa shape index (κ3) is 4.81. The average Bonchev–Trinajstić information content (AvgIpc) is 3.26. The molecule has 0 bridgehead atoms. The van der Waals surface area contributed by atoms with Crippen LogP contribution >= 0.6 is 0 Å². The van der Waals surface area contributed by atoms with E-state index in [0.717, 1.165) is 18.4 Å². The number of methoxy groups -OCH3 is 1. The van der Waals surface area contributed by atoms with Crippen LogP contribution in [0.1, 0.15) is 31.2 Å². The number of carbonyl (C=O) groups is 1. The second-order valence-electron chi connectivity index (χ2n) is 8.54. The third-order valence-electron chi connectivity index (χ3n) is 6.45. The first-order valence-electron chi connectivity index (χ1n) is 11.1. The molecule has 2 fully saturated rings.